The van der Waals surface area contributed by atoms with Gasteiger partial charge in [0.2, 0.25) is 0 Å². The molecular weight excluding hydrogens is 282 g/mol. The molecule has 0 spiro atoms. The molecular formula is C17H27NO2S. The first-order valence-electron chi connectivity index (χ1n) is 7.50. The van der Waals surface area contributed by atoms with Crippen molar-refractivity contribution in [1.29, 1.82) is 0 Å². The number of carboxylic acids is 1. The molecule has 118 valence electrons. The lowest BCUT2D eigenvalue weighted by Gasteiger charge is -2.25. The van der Waals surface area contributed by atoms with Gasteiger partial charge in [0.25, 0.3) is 0 Å². The van der Waals surface area contributed by atoms with Gasteiger partial charge in [-0.25, -0.2) is 0 Å². The van der Waals surface area contributed by atoms with Gasteiger partial charge in [-0.05, 0) is 51.5 Å². The van der Waals surface area contributed by atoms with Gasteiger partial charge in [0.05, 0.1) is 0 Å². The summed E-state index contributed by atoms with van der Waals surface area (Å²) in [6.45, 7) is 8.63. The smallest absolute Gasteiger partial charge is 0.323 e. The van der Waals surface area contributed by atoms with Gasteiger partial charge in [-0.3, -0.25) is 4.79 Å². The quantitative estimate of drug-likeness (QED) is 0.682. The Labute approximate surface area is 132 Å². The number of carboxylic acid groups (broad SMARTS) is 1. The number of thioether (sulfide) groups is 1. The molecule has 0 saturated carbocycles. The van der Waals surface area contributed by atoms with E-state index in [0.29, 0.717) is 13.0 Å². The molecule has 2 N–H and O–H groups in total. The van der Waals surface area contributed by atoms with E-state index in [1.165, 1.54) is 16.7 Å². The van der Waals surface area contributed by atoms with Crippen LogP contribution in [0.25, 0.3) is 0 Å². The van der Waals surface area contributed by atoms with E-state index in [2.05, 4.69) is 37.4 Å². The molecule has 1 rings (SSSR count). The van der Waals surface area contributed by atoms with Crippen molar-refractivity contribution in [3.8, 4) is 0 Å². The maximum Gasteiger partial charge on any atom is 0.323 e. The number of likely N-dealkylation sites (N-methyl/N-ethyl adjacent to an activating group) is 1. The number of benzene rings is 1. The van der Waals surface area contributed by atoms with Crippen molar-refractivity contribution in [2.75, 3.05) is 12.3 Å². The molecule has 21 heavy (non-hydrogen) atoms. The van der Waals surface area contributed by atoms with Gasteiger partial charge in [0.15, 0.2) is 0 Å². The van der Waals surface area contributed by atoms with Crippen LogP contribution < -0.4 is 5.32 Å². The van der Waals surface area contributed by atoms with Gasteiger partial charge < -0.3 is 10.4 Å². The summed E-state index contributed by atoms with van der Waals surface area (Å²) in [5.74, 6) is 1.22. The van der Waals surface area contributed by atoms with Crippen LogP contribution in [0.2, 0.25) is 0 Å². The summed E-state index contributed by atoms with van der Waals surface area (Å²) in [5.41, 5.74) is 3.16. The van der Waals surface area contributed by atoms with E-state index in [-0.39, 0.29) is 0 Å². The minimum Gasteiger partial charge on any atom is -0.480 e. The van der Waals surface area contributed by atoms with Crippen LogP contribution in [0.3, 0.4) is 0 Å². The maximum absolute atomic E-state index is 11.3. The van der Waals surface area contributed by atoms with E-state index in [9.17, 15) is 9.90 Å². The standard InChI is InChI=1S/C17H27NO2S/c1-5-18-17(4,16(19)20)7-6-8-21-12-15-10-13(2)9-14(3)11-15/h9-11,18H,5-8,12H2,1-4H3,(H,19,20). The van der Waals surface area contributed by atoms with Crippen LogP contribution in [0.1, 0.15) is 43.4 Å². The third-order valence-electron chi connectivity index (χ3n) is 3.55. The van der Waals surface area contributed by atoms with Crippen molar-refractivity contribution in [2.45, 2.75) is 51.8 Å². The monoisotopic (exact) mass is 309 g/mol. The van der Waals surface area contributed by atoms with Crippen molar-refractivity contribution < 1.29 is 9.90 Å². The number of rotatable bonds is 9. The predicted octanol–water partition coefficient (Wildman–Crippen LogP) is 3.77. The molecule has 3 nitrogen and oxygen atoms in total. The first kappa shape index (κ1) is 18.1. The van der Waals surface area contributed by atoms with E-state index in [4.69, 9.17) is 0 Å². The Kier molecular flexibility index (Phi) is 7.26. The summed E-state index contributed by atoms with van der Waals surface area (Å²) in [5, 5.41) is 12.4. The van der Waals surface area contributed by atoms with E-state index in [0.717, 1.165) is 17.9 Å². The summed E-state index contributed by atoms with van der Waals surface area (Å²) in [6.07, 6.45) is 1.57. The van der Waals surface area contributed by atoms with Crippen LogP contribution in [0, 0.1) is 13.8 Å². The van der Waals surface area contributed by atoms with Crippen molar-refractivity contribution in [3.63, 3.8) is 0 Å². The number of aryl methyl sites for hydroxylation is 2. The molecule has 0 amide bonds. The Morgan fingerprint density at radius 1 is 1.29 bits per heavy atom. The zero-order valence-electron chi connectivity index (χ0n) is 13.5. The van der Waals surface area contributed by atoms with Gasteiger partial charge in [-0.1, -0.05) is 36.2 Å². The molecule has 1 aromatic rings. The Bertz CT molecular complexity index is 456. The average Bonchev–Trinajstić information content (AvgIpc) is 2.37. The van der Waals surface area contributed by atoms with Crippen molar-refractivity contribution in [2.24, 2.45) is 0 Å². The summed E-state index contributed by atoms with van der Waals surface area (Å²) >= 11 is 1.87. The van der Waals surface area contributed by atoms with Gasteiger partial charge in [0, 0.05) is 5.75 Å². The van der Waals surface area contributed by atoms with Crippen LogP contribution in [0.15, 0.2) is 18.2 Å². The molecule has 4 heteroatoms. The molecule has 0 radical (unpaired) electrons. The largest absolute Gasteiger partial charge is 0.480 e. The van der Waals surface area contributed by atoms with Crippen molar-refractivity contribution in [1.82, 2.24) is 5.32 Å². The van der Waals surface area contributed by atoms with Gasteiger partial charge in [-0.15, -0.1) is 0 Å². The summed E-state index contributed by atoms with van der Waals surface area (Å²) in [4.78, 5) is 11.3. The van der Waals surface area contributed by atoms with Crippen molar-refractivity contribution in [3.05, 3.63) is 34.9 Å². The molecule has 0 aliphatic rings. The SMILES string of the molecule is CCNC(C)(CCCSCc1cc(C)cc(C)c1)C(=O)O. The fraction of sp³-hybridized carbons (Fsp3) is 0.588. The van der Waals surface area contributed by atoms with Crippen LogP contribution in [-0.2, 0) is 10.5 Å². The third kappa shape index (κ3) is 6.10. The Hall–Kier alpha value is -1.00. The lowest BCUT2D eigenvalue weighted by atomic mass is 9.96. The number of carbonyl (C=O) groups is 1. The fourth-order valence-electron chi connectivity index (χ4n) is 2.53. The van der Waals surface area contributed by atoms with E-state index in [1.54, 1.807) is 6.92 Å². The highest BCUT2D eigenvalue weighted by Crippen LogP contribution is 2.19. The molecule has 0 aromatic heterocycles. The molecule has 0 fully saturated rings. The zero-order valence-corrected chi connectivity index (χ0v) is 14.3. The van der Waals surface area contributed by atoms with Crippen LogP contribution in [0.4, 0.5) is 0 Å². The molecule has 1 atom stereocenters. The molecule has 0 heterocycles. The van der Waals surface area contributed by atoms with Gasteiger partial charge >= 0.3 is 5.97 Å². The fourth-order valence-corrected chi connectivity index (χ4v) is 3.43. The summed E-state index contributed by atoms with van der Waals surface area (Å²) in [7, 11) is 0. The lowest BCUT2D eigenvalue weighted by molar-refractivity contribution is -0.144. The Morgan fingerprint density at radius 3 is 2.43 bits per heavy atom. The molecule has 0 bridgehead atoms. The second-order valence-electron chi connectivity index (χ2n) is 5.82. The lowest BCUT2D eigenvalue weighted by Crippen LogP contribution is -2.49. The number of nitrogens with one attached hydrogen (secondary N) is 1. The normalized spacial score (nSPS) is 13.9. The second kappa shape index (κ2) is 8.44. The van der Waals surface area contributed by atoms with E-state index < -0.39 is 11.5 Å². The number of hydrogen-bond donors (Lipinski definition) is 2. The maximum atomic E-state index is 11.3. The topological polar surface area (TPSA) is 49.3 Å². The first-order valence-corrected chi connectivity index (χ1v) is 8.66. The first-order chi connectivity index (χ1) is 9.87. The molecule has 0 saturated heterocycles. The highest BCUT2D eigenvalue weighted by molar-refractivity contribution is 7.98. The zero-order chi connectivity index (χ0) is 15.9. The molecule has 1 unspecified atom stereocenters. The second-order valence-corrected chi connectivity index (χ2v) is 6.92. The minimum absolute atomic E-state index is 0.663. The van der Waals surface area contributed by atoms with Crippen LogP contribution in [0.5, 0.6) is 0 Å². The van der Waals surface area contributed by atoms with E-state index >= 15 is 0 Å². The predicted molar refractivity (Wildman–Crippen MR) is 91.0 cm³/mol. The molecule has 1 aromatic carbocycles. The van der Waals surface area contributed by atoms with Crippen LogP contribution >= 0.6 is 11.8 Å². The van der Waals surface area contributed by atoms with Crippen molar-refractivity contribution >= 4 is 17.7 Å². The van der Waals surface area contributed by atoms with Gasteiger partial charge in [0.1, 0.15) is 5.54 Å². The van der Waals surface area contributed by atoms with E-state index in [1.807, 2.05) is 18.7 Å². The number of aliphatic carboxylic acids is 1. The third-order valence-corrected chi connectivity index (χ3v) is 4.67. The number of hydrogen-bond acceptors (Lipinski definition) is 3. The minimum atomic E-state index is -0.796. The summed E-state index contributed by atoms with van der Waals surface area (Å²) < 4.78 is 0. The average molecular weight is 309 g/mol. The highest BCUT2D eigenvalue weighted by Gasteiger charge is 2.30. The summed E-state index contributed by atoms with van der Waals surface area (Å²) in [6, 6.07) is 6.63. The Balaban J connectivity index is 2.35. The molecule has 0 aliphatic heterocycles. The van der Waals surface area contributed by atoms with Gasteiger partial charge in [-0.2, -0.15) is 11.8 Å². The Morgan fingerprint density at radius 2 is 1.90 bits per heavy atom. The highest BCUT2D eigenvalue weighted by atomic mass is 32.2. The molecule has 0 aliphatic carbocycles. The van der Waals surface area contributed by atoms with Crippen LogP contribution in [-0.4, -0.2) is 28.9 Å².